The maximum absolute atomic E-state index is 6.42. The summed E-state index contributed by atoms with van der Waals surface area (Å²) in [5.74, 6) is 0. The standard InChI is InChI=1S/C37H80N2O4.2HI/c1-9-11-13-14-15-16-18-23-31-41-34-37(35-42-32-24-27-38(3,4)5,36-43-33-25-28-39(6,7)8)26-20-17-19-22-30-40-29-21-12-10-2;;/h9-36H2,1-8H3;2*1H/q+2;;/p-2. The molecule has 0 aliphatic carbocycles. The molecule has 0 saturated carbocycles. The van der Waals surface area contributed by atoms with Crippen LogP contribution in [-0.2, 0) is 18.9 Å². The molecule has 0 aromatic carbocycles. The van der Waals surface area contributed by atoms with Crippen molar-refractivity contribution in [1.29, 1.82) is 0 Å². The molecular formula is C37H80I2N2O4. The number of hydrogen-bond acceptors (Lipinski definition) is 4. The summed E-state index contributed by atoms with van der Waals surface area (Å²) >= 11 is 0. The third-order valence-corrected chi connectivity index (χ3v) is 8.24. The van der Waals surface area contributed by atoms with E-state index in [-0.39, 0.29) is 53.4 Å². The maximum Gasteiger partial charge on any atom is 0.0802 e. The fraction of sp³-hybridized carbons (Fsp3) is 1.00. The van der Waals surface area contributed by atoms with Crippen LogP contribution in [0.4, 0.5) is 0 Å². The zero-order chi connectivity index (χ0) is 32.1. The maximum atomic E-state index is 6.42. The second kappa shape index (κ2) is 33.7. The Hall–Kier alpha value is 1.22. The van der Waals surface area contributed by atoms with Crippen molar-refractivity contribution >= 4 is 0 Å². The highest BCUT2D eigenvalue weighted by molar-refractivity contribution is 4.80. The molecule has 0 fully saturated rings. The zero-order valence-corrected chi connectivity index (χ0v) is 35.9. The predicted molar refractivity (Wildman–Crippen MR) is 186 cm³/mol. The van der Waals surface area contributed by atoms with Crippen LogP contribution in [-0.4, -0.2) is 117 Å². The highest BCUT2D eigenvalue weighted by Gasteiger charge is 2.31. The molecule has 0 bridgehead atoms. The van der Waals surface area contributed by atoms with E-state index in [4.69, 9.17) is 18.9 Å². The molecule has 6 nitrogen and oxygen atoms in total. The van der Waals surface area contributed by atoms with Crippen molar-refractivity contribution in [3.05, 3.63) is 0 Å². The summed E-state index contributed by atoms with van der Waals surface area (Å²) in [7, 11) is 13.5. The molecule has 0 amide bonds. The molecule has 0 spiro atoms. The van der Waals surface area contributed by atoms with Gasteiger partial charge in [-0.15, -0.1) is 0 Å². The van der Waals surface area contributed by atoms with Gasteiger partial charge >= 0.3 is 0 Å². The average molecular weight is 871 g/mol. The van der Waals surface area contributed by atoms with E-state index < -0.39 is 0 Å². The van der Waals surface area contributed by atoms with E-state index in [9.17, 15) is 0 Å². The Kier molecular flexibility index (Phi) is 37.9. The molecule has 0 aromatic heterocycles. The average Bonchev–Trinajstić information content (AvgIpc) is 2.93. The first kappa shape index (κ1) is 50.6. The Balaban J connectivity index is -0.00000882. The van der Waals surface area contributed by atoms with Gasteiger partial charge in [0.25, 0.3) is 0 Å². The van der Waals surface area contributed by atoms with Gasteiger partial charge in [0.15, 0.2) is 0 Å². The van der Waals surface area contributed by atoms with Gasteiger partial charge in [-0.3, -0.25) is 0 Å². The highest BCUT2D eigenvalue weighted by atomic mass is 127. The van der Waals surface area contributed by atoms with Crippen molar-refractivity contribution in [3.63, 3.8) is 0 Å². The number of halogens is 2. The van der Waals surface area contributed by atoms with Crippen molar-refractivity contribution < 1.29 is 75.9 Å². The molecule has 0 radical (unpaired) electrons. The first-order valence-electron chi connectivity index (χ1n) is 18.5. The van der Waals surface area contributed by atoms with Crippen molar-refractivity contribution in [2.75, 3.05) is 108 Å². The molecule has 8 heteroatoms. The number of unbranched alkanes of at least 4 members (excludes halogenated alkanes) is 12. The Morgan fingerprint density at radius 3 is 1.11 bits per heavy atom. The predicted octanol–water partition coefficient (Wildman–Crippen LogP) is 2.52. The lowest BCUT2D eigenvalue weighted by molar-refractivity contribution is -0.870. The number of ether oxygens (including phenoxy) is 4. The van der Waals surface area contributed by atoms with Crippen LogP contribution >= 0.6 is 0 Å². The number of nitrogens with zero attached hydrogens (tertiary/aromatic N) is 2. The minimum Gasteiger partial charge on any atom is -1.00 e. The first-order valence-corrected chi connectivity index (χ1v) is 18.5. The molecular weight excluding hydrogens is 790 g/mol. The van der Waals surface area contributed by atoms with Gasteiger partial charge in [-0.05, 0) is 25.7 Å². The summed E-state index contributed by atoms with van der Waals surface area (Å²) < 4.78 is 27.0. The van der Waals surface area contributed by atoms with Crippen LogP contribution in [0.2, 0.25) is 0 Å². The van der Waals surface area contributed by atoms with E-state index in [0.717, 1.165) is 107 Å². The van der Waals surface area contributed by atoms with Gasteiger partial charge in [-0.2, -0.15) is 0 Å². The van der Waals surface area contributed by atoms with Gasteiger partial charge in [0.1, 0.15) is 0 Å². The quantitative estimate of drug-likeness (QED) is 0.0567. The van der Waals surface area contributed by atoms with E-state index in [1.54, 1.807) is 0 Å². The molecule has 0 unspecified atom stereocenters. The molecule has 0 aliphatic heterocycles. The summed E-state index contributed by atoms with van der Waals surface area (Å²) in [6.45, 7) is 13.3. The Labute approximate surface area is 317 Å². The van der Waals surface area contributed by atoms with Gasteiger partial charge < -0.3 is 75.9 Å². The SMILES string of the molecule is CCCCCCCCCCOCC(CCCCCCOCCCCC)(COCCC[N+](C)(C)C)COCCC[N+](C)(C)C.[I-].[I-]. The number of quaternary nitrogens is 2. The molecule has 0 saturated heterocycles. The monoisotopic (exact) mass is 870 g/mol. The van der Waals surface area contributed by atoms with Crippen molar-refractivity contribution in [3.8, 4) is 0 Å². The van der Waals surface area contributed by atoms with Crippen LogP contribution in [0, 0.1) is 5.41 Å². The topological polar surface area (TPSA) is 36.9 Å². The second-order valence-corrected chi connectivity index (χ2v) is 15.4. The van der Waals surface area contributed by atoms with Crippen LogP contribution in [0.1, 0.15) is 129 Å². The number of hydrogen-bond donors (Lipinski definition) is 0. The highest BCUT2D eigenvalue weighted by Crippen LogP contribution is 2.28. The van der Waals surface area contributed by atoms with Crippen LogP contribution in [0.15, 0.2) is 0 Å². The molecule has 0 aliphatic rings. The summed E-state index contributed by atoms with van der Waals surface area (Å²) in [4.78, 5) is 0. The molecule has 0 heterocycles. The second-order valence-electron chi connectivity index (χ2n) is 15.4. The fourth-order valence-corrected chi connectivity index (χ4v) is 5.44. The summed E-state index contributed by atoms with van der Waals surface area (Å²) in [5, 5.41) is 0. The molecule has 0 rings (SSSR count). The van der Waals surface area contributed by atoms with Crippen molar-refractivity contribution in [1.82, 2.24) is 0 Å². The Bertz CT molecular complexity index is 536. The van der Waals surface area contributed by atoms with Gasteiger partial charge in [0, 0.05) is 38.1 Å². The zero-order valence-electron chi connectivity index (χ0n) is 31.6. The van der Waals surface area contributed by atoms with E-state index >= 15 is 0 Å². The van der Waals surface area contributed by atoms with Gasteiger partial charge in [0.2, 0.25) is 0 Å². The fourth-order valence-electron chi connectivity index (χ4n) is 5.44. The Morgan fingerprint density at radius 2 is 0.689 bits per heavy atom. The van der Waals surface area contributed by atoms with Gasteiger partial charge in [0.05, 0.1) is 88.4 Å². The van der Waals surface area contributed by atoms with E-state index in [0.29, 0.717) is 0 Å². The lowest BCUT2D eigenvalue weighted by Gasteiger charge is -2.34. The summed E-state index contributed by atoms with van der Waals surface area (Å²) in [6, 6.07) is 0. The van der Waals surface area contributed by atoms with Crippen molar-refractivity contribution in [2.24, 2.45) is 5.41 Å². The van der Waals surface area contributed by atoms with Crippen LogP contribution in [0.5, 0.6) is 0 Å². The Morgan fingerprint density at radius 1 is 0.378 bits per heavy atom. The summed E-state index contributed by atoms with van der Waals surface area (Å²) in [5.41, 5.74) is -0.0655. The number of rotatable bonds is 34. The third kappa shape index (κ3) is 37.9. The largest absolute Gasteiger partial charge is 1.00 e. The first-order chi connectivity index (χ1) is 20.5. The normalized spacial score (nSPS) is 12.3. The smallest absolute Gasteiger partial charge is 0.0802 e. The van der Waals surface area contributed by atoms with E-state index in [1.165, 1.54) is 83.5 Å². The lowest BCUT2D eigenvalue weighted by Crippen LogP contribution is -3.00. The molecule has 0 aromatic rings. The van der Waals surface area contributed by atoms with Crippen LogP contribution < -0.4 is 48.0 Å². The van der Waals surface area contributed by atoms with E-state index in [1.807, 2.05) is 0 Å². The third-order valence-electron chi connectivity index (χ3n) is 8.24. The van der Waals surface area contributed by atoms with Gasteiger partial charge in [-0.25, -0.2) is 0 Å². The van der Waals surface area contributed by atoms with E-state index in [2.05, 4.69) is 56.1 Å². The minimum atomic E-state index is -0.0655. The molecule has 0 atom stereocenters. The van der Waals surface area contributed by atoms with Gasteiger partial charge in [-0.1, -0.05) is 90.9 Å². The minimum absolute atomic E-state index is 0. The van der Waals surface area contributed by atoms with Crippen LogP contribution in [0.25, 0.3) is 0 Å². The van der Waals surface area contributed by atoms with Crippen LogP contribution in [0.3, 0.4) is 0 Å². The molecule has 45 heavy (non-hydrogen) atoms. The van der Waals surface area contributed by atoms with Crippen molar-refractivity contribution in [2.45, 2.75) is 129 Å². The summed E-state index contributed by atoms with van der Waals surface area (Å²) in [6.07, 6.45) is 22.5. The molecule has 0 N–H and O–H groups in total. The molecule has 276 valence electrons. The lowest BCUT2D eigenvalue weighted by atomic mass is 9.84.